The first-order valence-electron chi connectivity index (χ1n) is 9.58. The van der Waals surface area contributed by atoms with E-state index in [2.05, 4.69) is 27.1 Å². The van der Waals surface area contributed by atoms with Crippen LogP contribution < -0.4 is 0 Å². The summed E-state index contributed by atoms with van der Waals surface area (Å²) < 4.78 is 5.95. The third-order valence-corrected chi connectivity index (χ3v) is 5.70. The molecule has 1 saturated heterocycles. The van der Waals surface area contributed by atoms with Crippen molar-refractivity contribution >= 4 is 17.0 Å². The van der Waals surface area contributed by atoms with Crippen molar-refractivity contribution in [3.05, 3.63) is 47.1 Å². The van der Waals surface area contributed by atoms with E-state index in [1.54, 1.807) is 0 Å². The molecular weight excluding hydrogens is 342 g/mol. The summed E-state index contributed by atoms with van der Waals surface area (Å²) in [6.45, 7) is 3.15. The first-order chi connectivity index (χ1) is 13.2. The van der Waals surface area contributed by atoms with Gasteiger partial charge in [0.15, 0.2) is 17.2 Å². The van der Waals surface area contributed by atoms with Crippen LogP contribution in [0.4, 0.5) is 0 Å². The van der Waals surface area contributed by atoms with Gasteiger partial charge >= 0.3 is 0 Å². The Morgan fingerprint density at radius 2 is 2.19 bits per heavy atom. The summed E-state index contributed by atoms with van der Waals surface area (Å²) in [6.07, 6.45) is 2.84. The Morgan fingerprint density at radius 3 is 3.07 bits per heavy atom. The lowest BCUT2D eigenvalue weighted by molar-refractivity contribution is 0.0690. The van der Waals surface area contributed by atoms with Crippen molar-refractivity contribution in [2.24, 2.45) is 0 Å². The third-order valence-electron chi connectivity index (χ3n) is 5.70. The number of nitrogens with zero attached hydrogens (tertiary/aromatic N) is 4. The van der Waals surface area contributed by atoms with Crippen LogP contribution >= 0.6 is 0 Å². The minimum Gasteiger partial charge on any atom is -0.440 e. The van der Waals surface area contributed by atoms with Gasteiger partial charge in [-0.1, -0.05) is 12.1 Å². The molecule has 1 amide bonds. The average molecular weight is 365 g/mol. The molecule has 140 valence electrons. The van der Waals surface area contributed by atoms with Crippen molar-refractivity contribution in [1.29, 1.82) is 0 Å². The second kappa shape index (κ2) is 6.49. The fourth-order valence-corrected chi connectivity index (χ4v) is 4.18. The zero-order valence-electron chi connectivity index (χ0n) is 15.4. The molecule has 0 unspecified atom stereocenters. The first kappa shape index (κ1) is 16.5. The molecule has 0 radical (unpaired) electrons. The Balaban J connectivity index is 1.38. The van der Waals surface area contributed by atoms with E-state index < -0.39 is 0 Å². The summed E-state index contributed by atoms with van der Waals surface area (Å²) in [5.41, 5.74) is 4.41. The number of carbonyl (C=O) groups is 1. The Bertz CT molecular complexity index is 958. The van der Waals surface area contributed by atoms with Gasteiger partial charge in [-0.3, -0.25) is 9.89 Å². The van der Waals surface area contributed by atoms with Crippen molar-refractivity contribution in [3.63, 3.8) is 0 Å². The van der Waals surface area contributed by atoms with Gasteiger partial charge < -0.3 is 14.2 Å². The topological polar surface area (TPSA) is 78.3 Å². The van der Waals surface area contributed by atoms with E-state index in [0.29, 0.717) is 12.2 Å². The number of piperidine rings is 1. The fraction of sp³-hybridized carbons (Fsp3) is 0.450. The van der Waals surface area contributed by atoms with Crippen LogP contribution in [0.3, 0.4) is 0 Å². The number of likely N-dealkylation sites (N-methyl/N-ethyl adjacent to an activating group) is 1. The molecule has 1 fully saturated rings. The highest BCUT2D eigenvalue weighted by molar-refractivity contribution is 5.94. The predicted molar refractivity (Wildman–Crippen MR) is 101 cm³/mol. The van der Waals surface area contributed by atoms with Crippen molar-refractivity contribution in [3.8, 4) is 0 Å². The largest absolute Gasteiger partial charge is 0.440 e. The smallest absolute Gasteiger partial charge is 0.274 e. The van der Waals surface area contributed by atoms with Gasteiger partial charge in [-0.15, -0.1) is 0 Å². The molecule has 0 saturated carbocycles. The number of likely N-dealkylation sites (tertiary alicyclic amines) is 1. The number of rotatable bonds is 2. The molecule has 0 aliphatic carbocycles. The van der Waals surface area contributed by atoms with Crippen molar-refractivity contribution in [1.82, 2.24) is 25.0 Å². The Morgan fingerprint density at radius 1 is 1.30 bits per heavy atom. The zero-order chi connectivity index (χ0) is 18.4. The molecule has 2 aliphatic rings. The van der Waals surface area contributed by atoms with Gasteiger partial charge in [0.05, 0.1) is 5.92 Å². The number of aromatic amines is 1. The summed E-state index contributed by atoms with van der Waals surface area (Å²) >= 11 is 0. The minimum atomic E-state index is 0.0172. The molecular formula is C20H23N5O2. The molecule has 7 nitrogen and oxygen atoms in total. The molecule has 4 heterocycles. The van der Waals surface area contributed by atoms with E-state index in [9.17, 15) is 4.79 Å². The number of hydrogen-bond acceptors (Lipinski definition) is 5. The van der Waals surface area contributed by atoms with Crippen LogP contribution in [0.2, 0.25) is 0 Å². The number of oxazole rings is 1. The molecule has 5 rings (SSSR count). The molecule has 0 spiro atoms. The van der Waals surface area contributed by atoms with E-state index in [-0.39, 0.29) is 11.8 Å². The molecule has 1 N–H and O–H groups in total. The molecule has 2 aromatic heterocycles. The Kier molecular flexibility index (Phi) is 3.97. The fourth-order valence-electron chi connectivity index (χ4n) is 4.18. The highest BCUT2D eigenvalue weighted by Gasteiger charge is 2.32. The number of carbonyl (C=O) groups excluding carboxylic acids is 1. The maximum atomic E-state index is 13.2. The molecule has 2 aliphatic heterocycles. The van der Waals surface area contributed by atoms with Gasteiger partial charge in [0, 0.05) is 43.9 Å². The number of H-pyrrole nitrogens is 1. The van der Waals surface area contributed by atoms with E-state index >= 15 is 0 Å². The molecule has 3 aromatic rings. The van der Waals surface area contributed by atoms with Gasteiger partial charge in [0.1, 0.15) is 5.52 Å². The van der Waals surface area contributed by atoms with Gasteiger partial charge in [-0.05, 0) is 32.0 Å². The Hall–Kier alpha value is -2.67. The van der Waals surface area contributed by atoms with Crippen LogP contribution in [0.5, 0.6) is 0 Å². The number of aromatic nitrogens is 3. The SMILES string of the molecule is CN1CCc2[nH]nc(C(=O)N3CCC[C@H](c4nc5ccccc5o4)C3)c2C1. The van der Waals surface area contributed by atoms with Crippen LogP contribution in [-0.4, -0.2) is 57.6 Å². The molecule has 1 aromatic carbocycles. The standard InChI is InChI=1S/C20H23N5O2/c1-24-10-8-15-14(12-24)18(23-22-15)20(26)25-9-4-5-13(11-25)19-21-16-6-2-3-7-17(16)27-19/h2-3,6-7,13H,4-5,8-12H2,1H3,(H,22,23)/t13-/m0/s1. The lowest BCUT2D eigenvalue weighted by Crippen LogP contribution is -2.40. The number of benzene rings is 1. The number of fused-ring (bicyclic) bond motifs is 2. The van der Waals surface area contributed by atoms with Crippen LogP contribution in [0.25, 0.3) is 11.1 Å². The van der Waals surface area contributed by atoms with Gasteiger partial charge in [-0.2, -0.15) is 5.10 Å². The maximum Gasteiger partial charge on any atom is 0.274 e. The third kappa shape index (κ3) is 2.92. The minimum absolute atomic E-state index is 0.0172. The second-order valence-corrected chi connectivity index (χ2v) is 7.63. The lowest BCUT2D eigenvalue weighted by Gasteiger charge is -2.31. The zero-order valence-corrected chi connectivity index (χ0v) is 15.4. The van der Waals surface area contributed by atoms with Crippen LogP contribution in [0.15, 0.2) is 28.7 Å². The van der Waals surface area contributed by atoms with Gasteiger partial charge in [-0.25, -0.2) is 4.98 Å². The van der Waals surface area contributed by atoms with E-state index in [1.807, 2.05) is 29.2 Å². The number of para-hydroxylation sites is 2. The predicted octanol–water partition coefficient (Wildman–Crippen LogP) is 2.56. The normalized spacial score (nSPS) is 20.8. The number of hydrogen-bond donors (Lipinski definition) is 1. The van der Waals surface area contributed by atoms with Crippen molar-refractivity contribution < 1.29 is 9.21 Å². The van der Waals surface area contributed by atoms with Crippen LogP contribution in [-0.2, 0) is 13.0 Å². The quantitative estimate of drug-likeness (QED) is 0.755. The summed E-state index contributed by atoms with van der Waals surface area (Å²) in [4.78, 5) is 21.9. The first-order valence-corrected chi connectivity index (χ1v) is 9.58. The summed E-state index contributed by atoms with van der Waals surface area (Å²) in [5, 5.41) is 7.43. The van der Waals surface area contributed by atoms with Gasteiger partial charge in [0.2, 0.25) is 0 Å². The molecule has 1 atom stereocenters. The monoisotopic (exact) mass is 365 g/mol. The van der Waals surface area contributed by atoms with E-state index in [4.69, 9.17) is 4.42 Å². The summed E-state index contributed by atoms with van der Waals surface area (Å²) in [7, 11) is 2.08. The Labute approximate surface area is 157 Å². The van der Waals surface area contributed by atoms with E-state index in [0.717, 1.165) is 67.1 Å². The van der Waals surface area contributed by atoms with Gasteiger partial charge in [0.25, 0.3) is 5.91 Å². The molecule has 0 bridgehead atoms. The average Bonchev–Trinajstić information content (AvgIpc) is 3.31. The second-order valence-electron chi connectivity index (χ2n) is 7.63. The lowest BCUT2D eigenvalue weighted by atomic mass is 9.97. The van der Waals surface area contributed by atoms with Crippen molar-refractivity contribution in [2.45, 2.75) is 31.7 Å². The molecule has 27 heavy (non-hydrogen) atoms. The summed E-state index contributed by atoms with van der Waals surface area (Å²) in [6, 6.07) is 7.81. The maximum absolute atomic E-state index is 13.2. The highest BCUT2D eigenvalue weighted by Crippen LogP contribution is 2.30. The number of amides is 1. The van der Waals surface area contributed by atoms with E-state index in [1.165, 1.54) is 0 Å². The summed E-state index contributed by atoms with van der Waals surface area (Å²) in [5.74, 6) is 0.883. The van der Waals surface area contributed by atoms with Crippen molar-refractivity contribution in [2.75, 3.05) is 26.7 Å². The highest BCUT2D eigenvalue weighted by atomic mass is 16.3. The van der Waals surface area contributed by atoms with Crippen LogP contribution in [0, 0.1) is 0 Å². The van der Waals surface area contributed by atoms with Crippen LogP contribution in [0.1, 0.15) is 46.4 Å². The number of nitrogens with one attached hydrogen (secondary N) is 1. The molecule has 7 heteroatoms.